The van der Waals surface area contributed by atoms with Gasteiger partial charge in [0.2, 0.25) is 0 Å². The van der Waals surface area contributed by atoms with E-state index in [0.717, 1.165) is 0 Å². The Kier molecular flexibility index (Phi) is 7.88. The molecule has 7 nitrogen and oxygen atoms in total. The summed E-state index contributed by atoms with van der Waals surface area (Å²) in [5.74, 6) is -0.796. The van der Waals surface area contributed by atoms with Gasteiger partial charge < -0.3 is 13.8 Å². The first kappa shape index (κ1) is 16.8. The van der Waals surface area contributed by atoms with Gasteiger partial charge in [0, 0.05) is 24.7 Å². The lowest BCUT2D eigenvalue weighted by molar-refractivity contribution is 0.128. The lowest BCUT2D eigenvalue weighted by Crippen LogP contribution is -2.07. The van der Waals surface area contributed by atoms with Gasteiger partial charge in [-0.15, -0.1) is 0 Å². The lowest BCUT2D eigenvalue weighted by Gasteiger charge is -2.08. The van der Waals surface area contributed by atoms with Crippen molar-refractivity contribution in [2.75, 3.05) is 24.7 Å². The third-order valence-corrected chi connectivity index (χ3v) is 3.44. The average molecular weight is 288 g/mol. The van der Waals surface area contributed by atoms with Crippen molar-refractivity contribution in [3.8, 4) is 0 Å². The van der Waals surface area contributed by atoms with Crippen molar-refractivity contribution in [1.29, 1.82) is 0 Å². The molecule has 9 heteroatoms. The van der Waals surface area contributed by atoms with Crippen LogP contribution in [-0.4, -0.2) is 50.7 Å². The van der Waals surface area contributed by atoms with Crippen LogP contribution in [0.5, 0.6) is 0 Å². The monoisotopic (exact) mass is 288 g/mol. The minimum Gasteiger partial charge on any atom is -0.748 e. The highest BCUT2D eigenvalue weighted by molar-refractivity contribution is 7.85. The van der Waals surface area contributed by atoms with Gasteiger partial charge in [-0.3, -0.25) is 0 Å². The second-order valence-corrected chi connectivity index (χ2v) is 6.60. The highest BCUT2D eigenvalue weighted by atomic mass is 32.2. The zero-order chi connectivity index (χ0) is 13.4. The van der Waals surface area contributed by atoms with E-state index in [0.29, 0.717) is 26.1 Å². The van der Waals surface area contributed by atoms with Crippen LogP contribution < -0.4 is 0 Å². The molecule has 0 saturated carbocycles. The topological polar surface area (TPSA) is 124 Å². The van der Waals surface area contributed by atoms with Gasteiger partial charge in [-0.2, -0.15) is 0 Å². The van der Waals surface area contributed by atoms with Crippen LogP contribution in [0.15, 0.2) is 0 Å². The summed E-state index contributed by atoms with van der Waals surface area (Å²) in [7, 11) is -8.30. The van der Waals surface area contributed by atoms with E-state index in [1.54, 1.807) is 0 Å². The van der Waals surface area contributed by atoms with Gasteiger partial charge in [0.15, 0.2) is 0 Å². The molecule has 0 radical (unpaired) electrons. The fourth-order valence-corrected chi connectivity index (χ4v) is 2.18. The lowest BCUT2D eigenvalue weighted by atomic mass is 10.3. The number of unbranched alkanes of at least 4 members (excludes halogenated alkanes) is 2. The number of hydrogen-bond donors (Lipinski definition) is 0. The zero-order valence-electron chi connectivity index (χ0n) is 9.33. The van der Waals surface area contributed by atoms with Crippen LogP contribution in [0.4, 0.5) is 0 Å². The summed E-state index contributed by atoms with van der Waals surface area (Å²) < 4.78 is 66.4. The van der Waals surface area contributed by atoms with Gasteiger partial charge in [-0.25, -0.2) is 16.8 Å². The maximum absolute atomic E-state index is 10.2. The highest BCUT2D eigenvalue weighted by Gasteiger charge is 1.97. The summed E-state index contributed by atoms with van der Waals surface area (Å²) in [5.41, 5.74) is 0. The molecule has 0 aromatic heterocycles. The van der Waals surface area contributed by atoms with Gasteiger partial charge >= 0.3 is 0 Å². The van der Waals surface area contributed by atoms with E-state index in [-0.39, 0.29) is 12.8 Å². The smallest absolute Gasteiger partial charge is 0.0945 e. The minimum atomic E-state index is -4.15. The van der Waals surface area contributed by atoms with E-state index in [1.807, 2.05) is 0 Å². The molecule has 0 aliphatic carbocycles. The van der Waals surface area contributed by atoms with Gasteiger partial charge in [-0.05, 0) is 25.7 Å². The van der Waals surface area contributed by atoms with Crippen LogP contribution in [0.2, 0.25) is 0 Å². The molecule has 0 aromatic carbocycles. The molecule has 0 atom stereocenters. The molecule has 0 saturated heterocycles. The Labute approximate surface area is 102 Å². The number of rotatable bonds is 10. The van der Waals surface area contributed by atoms with Crippen molar-refractivity contribution >= 4 is 20.2 Å². The molecule has 104 valence electrons. The Morgan fingerprint density at radius 3 is 1.35 bits per heavy atom. The number of ether oxygens (including phenoxy) is 1. The van der Waals surface area contributed by atoms with E-state index in [4.69, 9.17) is 4.74 Å². The minimum absolute atomic E-state index is 0.251. The molecule has 0 N–H and O–H groups in total. The van der Waals surface area contributed by atoms with Gasteiger partial charge in [-0.1, -0.05) is 0 Å². The predicted octanol–water partition coefficient (Wildman–Crippen LogP) is -0.346. The van der Waals surface area contributed by atoms with E-state index in [9.17, 15) is 25.9 Å². The first-order valence-corrected chi connectivity index (χ1v) is 8.31. The van der Waals surface area contributed by atoms with Crippen molar-refractivity contribution in [2.45, 2.75) is 25.7 Å². The second-order valence-electron chi connectivity index (χ2n) is 3.55. The molecule has 0 aliphatic rings. The van der Waals surface area contributed by atoms with Crippen molar-refractivity contribution in [2.24, 2.45) is 0 Å². The Hall–Kier alpha value is -0.220. The molecule has 0 amide bonds. The quantitative estimate of drug-likeness (QED) is 0.397. The molecule has 0 fully saturated rings. The Morgan fingerprint density at radius 1 is 0.706 bits per heavy atom. The molecule has 17 heavy (non-hydrogen) atoms. The summed E-state index contributed by atoms with van der Waals surface area (Å²) >= 11 is 0. The SMILES string of the molecule is O=S(=O)([O-])CCCCOCCCCS(=O)(=O)[O-]. The van der Waals surface area contributed by atoms with Crippen molar-refractivity contribution < 1.29 is 30.7 Å². The summed E-state index contributed by atoms with van der Waals surface area (Å²) in [5, 5.41) is 0. The third-order valence-electron chi connectivity index (χ3n) is 1.87. The maximum atomic E-state index is 10.2. The van der Waals surface area contributed by atoms with Crippen LogP contribution in [-0.2, 0) is 25.0 Å². The van der Waals surface area contributed by atoms with Crippen molar-refractivity contribution in [3.63, 3.8) is 0 Å². The molecule has 0 aliphatic heterocycles. The third kappa shape index (κ3) is 15.8. The first-order valence-electron chi connectivity index (χ1n) is 5.15. The Morgan fingerprint density at radius 2 is 1.06 bits per heavy atom. The van der Waals surface area contributed by atoms with Gasteiger partial charge in [0.25, 0.3) is 0 Å². The zero-order valence-corrected chi connectivity index (χ0v) is 11.0. The average Bonchev–Trinajstić information content (AvgIpc) is 2.11. The van der Waals surface area contributed by atoms with Crippen LogP contribution in [0.3, 0.4) is 0 Å². The highest BCUT2D eigenvalue weighted by Crippen LogP contribution is 1.98. The standard InChI is InChI=1S/C8H18O7S2/c9-16(10,11)7-3-1-5-15-6-2-4-8-17(12,13)14/h1-8H2,(H,9,10,11)(H,12,13,14)/p-2. The molecule has 0 aromatic rings. The predicted molar refractivity (Wildman–Crippen MR) is 58.4 cm³/mol. The Bertz CT molecular complexity index is 346. The van der Waals surface area contributed by atoms with E-state index in [2.05, 4.69) is 0 Å². The normalized spacial score (nSPS) is 12.8. The van der Waals surface area contributed by atoms with Crippen LogP contribution in [0, 0.1) is 0 Å². The second kappa shape index (κ2) is 7.98. The summed E-state index contributed by atoms with van der Waals surface area (Å²) in [4.78, 5) is 0. The fraction of sp³-hybridized carbons (Fsp3) is 1.00. The van der Waals surface area contributed by atoms with Crippen LogP contribution in [0.1, 0.15) is 25.7 Å². The summed E-state index contributed by atoms with van der Waals surface area (Å²) in [6.45, 7) is 0.638. The van der Waals surface area contributed by atoms with Gasteiger partial charge in [0.1, 0.15) is 0 Å². The summed E-state index contributed by atoms with van der Waals surface area (Å²) in [6.07, 6.45) is 1.42. The van der Waals surface area contributed by atoms with Crippen molar-refractivity contribution in [3.05, 3.63) is 0 Å². The number of hydrogen-bond acceptors (Lipinski definition) is 7. The fourth-order valence-electron chi connectivity index (χ4n) is 1.07. The summed E-state index contributed by atoms with van der Waals surface area (Å²) in [6, 6.07) is 0. The van der Waals surface area contributed by atoms with Crippen LogP contribution in [0.25, 0.3) is 0 Å². The molecule has 0 bridgehead atoms. The molecule has 0 unspecified atom stereocenters. The van der Waals surface area contributed by atoms with E-state index >= 15 is 0 Å². The van der Waals surface area contributed by atoms with Crippen LogP contribution >= 0.6 is 0 Å². The first-order chi connectivity index (χ1) is 7.71. The Balaban J connectivity index is 3.25. The molecule has 0 rings (SSSR count). The molecule has 0 spiro atoms. The molecular weight excluding hydrogens is 272 g/mol. The van der Waals surface area contributed by atoms with Gasteiger partial charge in [0.05, 0.1) is 20.2 Å². The van der Waals surface area contributed by atoms with E-state index < -0.39 is 31.7 Å². The van der Waals surface area contributed by atoms with Crippen molar-refractivity contribution in [1.82, 2.24) is 0 Å². The molecular formula is C8H16O7S2-2. The van der Waals surface area contributed by atoms with E-state index in [1.165, 1.54) is 0 Å². The largest absolute Gasteiger partial charge is 0.748 e. The molecule has 0 heterocycles. The maximum Gasteiger partial charge on any atom is 0.0945 e.